The first kappa shape index (κ1) is 47.6. The fourth-order valence-corrected chi connectivity index (χ4v) is 5.33. The second-order valence-corrected chi connectivity index (χ2v) is 12.8. The van der Waals surface area contributed by atoms with E-state index in [9.17, 15) is 45.1 Å². The van der Waals surface area contributed by atoms with Crippen molar-refractivity contribution in [3.63, 3.8) is 0 Å². The van der Waals surface area contributed by atoms with Crippen molar-refractivity contribution in [2.24, 2.45) is 5.73 Å². The first-order valence-electron chi connectivity index (χ1n) is 17.5. The molecule has 3 aromatic heterocycles. The molecule has 0 unspecified atom stereocenters. The Morgan fingerprint density at radius 1 is 0.593 bits per heavy atom. The third-order valence-corrected chi connectivity index (χ3v) is 8.27. The molecule has 3 heterocycles. The third kappa shape index (κ3) is 13.7. The molecule has 0 aliphatic heterocycles. The van der Waals surface area contributed by atoms with Crippen molar-refractivity contribution >= 4 is 78.0 Å². The van der Waals surface area contributed by atoms with Gasteiger partial charge in [0.1, 0.15) is 28.2 Å². The van der Waals surface area contributed by atoms with Crippen molar-refractivity contribution in [1.29, 1.82) is 0 Å². The minimum absolute atomic E-state index is 0.131. The molecule has 0 spiro atoms. The number of ketones is 3. The number of halogens is 8. The van der Waals surface area contributed by atoms with Gasteiger partial charge in [-0.2, -0.15) is 4.39 Å². The fourth-order valence-electron chi connectivity index (χ4n) is 5.02. The number of fused-ring (bicyclic) bond motifs is 3. The molecule has 3 aromatic carbocycles. The van der Waals surface area contributed by atoms with Gasteiger partial charge in [-0.05, 0) is 71.0 Å². The molecular formula is C39H39BrF7N9O3. The van der Waals surface area contributed by atoms with E-state index in [4.69, 9.17) is 0 Å². The Hall–Kier alpha value is -5.76. The molecule has 20 heteroatoms. The lowest BCUT2D eigenvalue weighted by Gasteiger charge is -2.10. The molecular weight excluding hydrogens is 855 g/mol. The van der Waals surface area contributed by atoms with Gasteiger partial charge in [0.15, 0.2) is 17.3 Å². The number of aryl methyl sites for hydroxylation is 3. The zero-order valence-corrected chi connectivity index (χ0v) is 33.9. The summed E-state index contributed by atoms with van der Waals surface area (Å²) in [5.41, 5.74) is 9.82. The van der Waals surface area contributed by atoms with E-state index in [1.807, 2.05) is 0 Å². The first-order valence-corrected chi connectivity index (χ1v) is 18.6. The van der Waals surface area contributed by atoms with Gasteiger partial charge in [-0.3, -0.25) is 14.4 Å². The van der Waals surface area contributed by atoms with Crippen molar-refractivity contribution in [1.82, 2.24) is 29.9 Å². The maximum atomic E-state index is 13.2. The third-order valence-electron chi connectivity index (χ3n) is 7.76. The minimum Gasteiger partial charge on any atom is -0.363 e. The van der Waals surface area contributed by atoms with Crippen LogP contribution in [0.3, 0.4) is 0 Å². The summed E-state index contributed by atoms with van der Waals surface area (Å²) in [5, 5.41) is 5.25. The zero-order valence-electron chi connectivity index (χ0n) is 32.3. The number of nitrogens with one attached hydrogen (secondary N) is 2. The van der Waals surface area contributed by atoms with Gasteiger partial charge < -0.3 is 16.4 Å². The minimum atomic E-state index is -2.48. The number of alkyl halides is 7. The highest BCUT2D eigenvalue weighted by atomic mass is 79.9. The number of carbonyl (C=O) groups is 3. The van der Waals surface area contributed by atoms with Crippen LogP contribution >= 0.6 is 15.9 Å². The molecule has 6 rings (SSSR count). The van der Waals surface area contributed by atoms with Gasteiger partial charge in [-0.1, -0.05) is 34.1 Å². The summed E-state index contributed by atoms with van der Waals surface area (Å²) in [6, 6.07) is 15.2. The lowest BCUT2D eigenvalue weighted by atomic mass is 10.1. The zero-order chi connectivity index (χ0) is 44.0. The van der Waals surface area contributed by atoms with Crippen LogP contribution in [0.25, 0.3) is 33.1 Å². The van der Waals surface area contributed by atoms with Gasteiger partial charge in [0, 0.05) is 16.7 Å². The van der Waals surface area contributed by atoms with Crippen molar-refractivity contribution < 1.29 is 45.1 Å². The smallest absolute Gasteiger partial charge is 0.255 e. The van der Waals surface area contributed by atoms with Gasteiger partial charge in [0.05, 0.1) is 58.6 Å². The average Bonchev–Trinajstić information content (AvgIpc) is 3.19. The first-order chi connectivity index (χ1) is 27.9. The van der Waals surface area contributed by atoms with Crippen LogP contribution in [0.1, 0.15) is 62.0 Å². The highest BCUT2D eigenvalue weighted by Crippen LogP contribution is 2.22. The summed E-state index contributed by atoms with van der Waals surface area (Å²) in [5.74, 6) is -0.486. The standard InChI is InChI=1S/C13H12BrF2N3O.C13H13F2N3O.C11H9FN2O.C2H5F2N/c1-7-13(17-6-11(15)16)19-12-8(10(20)5-14)3-2-4-9(12)18-7;1-7-13(16-6-11(14)15)18-12-9(8(2)19)4-3-5-10(12)17-7;1-6-11(12)14-10-8(7(2)15)4-3-5-9(10)13-6;3-2(4)1-5/h2-4,11H,5-6H2,1H3,(H,17,19);3-5,11H,6H2,1-2H3,(H,16,18);3-5H,1-2H3;2H,1,5H2. The Morgan fingerprint density at radius 2 is 0.949 bits per heavy atom. The summed E-state index contributed by atoms with van der Waals surface area (Å²) in [4.78, 5) is 59.5. The molecule has 0 atom stereocenters. The highest BCUT2D eigenvalue weighted by molar-refractivity contribution is 9.09. The number of carbonyl (C=O) groups excluding carboxylic acids is 3. The van der Waals surface area contributed by atoms with Crippen LogP contribution in [-0.2, 0) is 0 Å². The van der Waals surface area contributed by atoms with Gasteiger partial charge in [0.2, 0.25) is 5.95 Å². The fraction of sp³-hybridized carbons (Fsp3) is 0.308. The molecule has 0 amide bonds. The molecule has 0 fully saturated rings. The molecule has 0 saturated carbocycles. The van der Waals surface area contributed by atoms with Crippen LogP contribution in [0, 0.1) is 26.7 Å². The Labute approximate surface area is 341 Å². The summed E-state index contributed by atoms with van der Waals surface area (Å²) < 4.78 is 83.4. The van der Waals surface area contributed by atoms with E-state index in [1.165, 1.54) is 13.8 Å². The van der Waals surface area contributed by atoms with E-state index in [0.29, 0.717) is 61.2 Å². The van der Waals surface area contributed by atoms with E-state index in [1.54, 1.807) is 75.4 Å². The molecule has 0 bridgehead atoms. The normalized spacial score (nSPS) is 10.8. The van der Waals surface area contributed by atoms with E-state index in [0.717, 1.165) is 0 Å². The quantitative estimate of drug-likeness (QED) is 0.0643. The van der Waals surface area contributed by atoms with Crippen LogP contribution in [0.2, 0.25) is 0 Å². The van der Waals surface area contributed by atoms with E-state index < -0.39 is 44.9 Å². The van der Waals surface area contributed by atoms with Gasteiger partial charge >= 0.3 is 0 Å². The molecule has 0 saturated heterocycles. The van der Waals surface area contributed by atoms with Crippen LogP contribution in [-0.4, -0.2) is 91.5 Å². The van der Waals surface area contributed by atoms with E-state index >= 15 is 0 Å². The summed E-state index contributed by atoms with van der Waals surface area (Å²) >= 11 is 3.11. The van der Waals surface area contributed by atoms with Crippen LogP contribution in [0.4, 0.5) is 42.4 Å². The highest BCUT2D eigenvalue weighted by Gasteiger charge is 2.15. The molecule has 314 valence electrons. The number of nitrogens with two attached hydrogens (primary N) is 1. The lowest BCUT2D eigenvalue weighted by Crippen LogP contribution is -2.13. The number of aromatic nitrogens is 6. The van der Waals surface area contributed by atoms with Crippen LogP contribution in [0.15, 0.2) is 54.6 Å². The summed E-state index contributed by atoms with van der Waals surface area (Å²) in [6.07, 6.45) is -7.29. The van der Waals surface area contributed by atoms with Crippen molar-refractivity contribution in [2.45, 2.75) is 53.9 Å². The van der Waals surface area contributed by atoms with Crippen molar-refractivity contribution in [2.75, 3.05) is 35.6 Å². The number of hydrogen-bond acceptors (Lipinski definition) is 12. The Morgan fingerprint density at radius 3 is 1.31 bits per heavy atom. The summed E-state index contributed by atoms with van der Waals surface area (Å²) in [7, 11) is 0. The Balaban J connectivity index is 0.000000225. The molecule has 0 radical (unpaired) electrons. The monoisotopic (exact) mass is 893 g/mol. The van der Waals surface area contributed by atoms with Gasteiger partial charge in [0.25, 0.3) is 19.3 Å². The molecule has 59 heavy (non-hydrogen) atoms. The van der Waals surface area contributed by atoms with Gasteiger partial charge in [-0.25, -0.2) is 56.2 Å². The molecule has 0 aliphatic carbocycles. The number of hydrogen-bond donors (Lipinski definition) is 3. The average molecular weight is 895 g/mol. The van der Waals surface area contributed by atoms with Crippen LogP contribution in [0.5, 0.6) is 0 Å². The van der Waals surface area contributed by atoms with Crippen LogP contribution < -0.4 is 16.4 Å². The predicted molar refractivity (Wildman–Crippen MR) is 215 cm³/mol. The largest absolute Gasteiger partial charge is 0.363 e. The second-order valence-electron chi connectivity index (χ2n) is 12.3. The Kier molecular flexibility index (Phi) is 18.1. The van der Waals surface area contributed by atoms with Gasteiger partial charge in [-0.15, -0.1) is 0 Å². The van der Waals surface area contributed by atoms with E-state index in [2.05, 4.69) is 62.2 Å². The molecule has 4 N–H and O–H groups in total. The molecule has 12 nitrogen and oxygen atoms in total. The lowest BCUT2D eigenvalue weighted by molar-refractivity contribution is 0.101. The number of para-hydroxylation sites is 3. The molecule has 6 aromatic rings. The van der Waals surface area contributed by atoms with Crippen molar-refractivity contribution in [3.05, 3.63) is 94.3 Å². The number of Topliss-reactive ketones (excluding diaryl/α,β-unsaturated/α-hetero) is 3. The predicted octanol–water partition coefficient (Wildman–Crippen LogP) is 8.50. The maximum absolute atomic E-state index is 13.2. The summed E-state index contributed by atoms with van der Waals surface area (Å²) in [6.45, 7) is 6.23. The second kappa shape index (κ2) is 22.4. The van der Waals surface area contributed by atoms with E-state index in [-0.39, 0.29) is 40.0 Å². The topological polar surface area (TPSA) is 179 Å². The number of nitrogens with zero attached hydrogens (tertiary/aromatic N) is 6. The van der Waals surface area contributed by atoms with Crippen molar-refractivity contribution in [3.8, 4) is 0 Å². The maximum Gasteiger partial charge on any atom is 0.255 e. The Bertz CT molecular complexity index is 2430. The molecule has 0 aliphatic rings. The SMILES string of the molecule is CC(=O)c1cccc2nc(C)c(F)nc12.CC(=O)c1cccc2nc(C)c(NCC(F)F)nc12.Cc1nc2cccc(C(=O)CBr)c2nc1NCC(F)F.NCC(F)F. The number of anilines is 2. The number of benzene rings is 3. The number of rotatable bonds is 11.